The highest BCUT2D eigenvalue weighted by molar-refractivity contribution is 7.22. The van der Waals surface area contributed by atoms with E-state index in [2.05, 4.69) is 11.9 Å². The van der Waals surface area contributed by atoms with Crippen molar-refractivity contribution in [2.45, 2.75) is 26.7 Å². The molecular formula is C22H21N3O2S2. The Balaban J connectivity index is 1.70. The number of aromatic nitrogens is 2. The summed E-state index contributed by atoms with van der Waals surface area (Å²) in [4.78, 5) is 24.3. The van der Waals surface area contributed by atoms with Crippen LogP contribution in [0.25, 0.3) is 10.2 Å². The van der Waals surface area contributed by atoms with Crippen molar-refractivity contribution in [1.82, 2.24) is 9.97 Å². The molecule has 7 heteroatoms. The van der Waals surface area contributed by atoms with Crippen molar-refractivity contribution in [3.63, 3.8) is 0 Å². The number of carbonyl (C=O) groups is 1. The molecule has 2 heterocycles. The maximum Gasteiger partial charge on any atom is 0.239 e. The lowest BCUT2D eigenvalue weighted by Crippen LogP contribution is -2.27. The highest BCUT2D eigenvalue weighted by Crippen LogP contribution is 2.34. The zero-order chi connectivity index (χ0) is 20.2. The number of ether oxygens (including phenoxy) is 1. The van der Waals surface area contributed by atoms with Gasteiger partial charge in [-0.25, -0.2) is 9.97 Å². The number of fused-ring (bicyclic) bond motifs is 1. The second-order valence-corrected chi connectivity index (χ2v) is 8.33. The molecule has 0 spiro atoms. The molecule has 0 radical (unpaired) electrons. The molecule has 0 unspecified atom stereocenters. The second-order valence-electron chi connectivity index (χ2n) is 6.38. The highest BCUT2D eigenvalue weighted by Gasteiger charge is 2.23. The molecule has 5 nitrogen and oxygen atoms in total. The van der Waals surface area contributed by atoms with Crippen LogP contribution in [0.5, 0.6) is 5.75 Å². The zero-order valence-corrected chi connectivity index (χ0v) is 17.9. The summed E-state index contributed by atoms with van der Waals surface area (Å²) >= 11 is 3.10. The summed E-state index contributed by atoms with van der Waals surface area (Å²) < 4.78 is 6.59. The average Bonchev–Trinajstić information content (AvgIpc) is 3.36. The molecule has 148 valence electrons. The molecular weight excluding hydrogens is 402 g/mol. The van der Waals surface area contributed by atoms with Gasteiger partial charge in [0.05, 0.1) is 39.6 Å². The molecule has 0 atom stereocenters. The Bertz CT molecular complexity index is 1090. The number of hydrogen-bond acceptors (Lipinski definition) is 6. The van der Waals surface area contributed by atoms with Crippen LogP contribution in [-0.4, -0.2) is 22.5 Å². The van der Waals surface area contributed by atoms with Gasteiger partial charge in [-0.05, 0) is 49.7 Å². The molecule has 0 N–H and O–H groups in total. The number of benzene rings is 2. The molecule has 0 aliphatic heterocycles. The van der Waals surface area contributed by atoms with Crippen molar-refractivity contribution in [2.75, 3.05) is 11.5 Å². The summed E-state index contributed by atoms with van der Waals surface area (Å²) in [5, 5.41) is 3.66. The van der Waals surface area contributed by atoms with E-state index in [0.717, 1.165) is 38.8 Å². The molecule has 0 saturated heterocycles. The minimum atomic E-state index is -0.0545. The first kappa shape index (κ1) is 19.5. The summed E-state index contributed by atoms with van der Waals surface area (Å²) in [5.74, 6) is 0.723. The highest BCUT2D eigenvalue weighted by atomic mass is 32.1. The predicted octanol–water partition coefficient (Wildman–Crippen LogP) is 5.62. The first-order chi connectivity index (χ1) is 14.2. The largest absolute Gasteiger partial charge is 0.494 e. The molecule has 0 saturated carbocycles. The fourth-order valence-electron chi connectivity index (χ4n) is 3.00. The van der Waals surface area contributed by atoms with E-state index in [0.29, 0.717) is 11.7 Å². The van der Waals surface area contributed by atoms with Crippen molar-refractivity contribution < 1.29 is 9.53 Å². The van der Waals surface area contributed by atoms with E-state index in [-0.39, 0.29) is 12.3 Å². The maximum absolute atomic E-state index is 13.3. The van der Waals surface area contributed by atoms with Crippen molar-refractivity contribution in [2.24, 2.45) is 0 Å². The minimum Gasteiger partial charge on any atom is -0.494 e. The van der Waals surface area contributed by atoms with Gasteiger partial charge in [-0.2, -0.15) is 0 Å². The Hall–Kier alpha value is -2.77. The zero-order valence-electron chi connectivity index (χ0n) is 16.3. The molecule has 2 aromatic carbocycles. The van der Waals surface area contributed by atoms with Gasteiger partial charge >= 0.3 is 0 Å². The number of anilines is 2. The van der Waals surface area contributed by atoms with Crippen LogP contribution in [0, 0.1) is 0 Å². The fraction of sp³-hybridized carbons (Fsp3) is 0.227. The predicted molar refractivity (Wildman–Crippen MR) is 120 cm³/mol. The van der Waals surface area contributed by atoms with Gasteiger partial charge in [0.1, 0.15) is 5.75 Å². The van der Waals surface area contributed by atoms with Crippen LogP contribution < -0.4 is 9.64 Å². The van der Waals surface area contributed by atoms with Gasteiger partial charge in [-0.15, -0.1) is 11.3 Å². The summed E-state index contributed by atoms with van der Waals surface area (Å²) in [5.41, 5.74) is 2.45. The van der Waals surface area contributed by atoms with E-state index in [1.165, 1.54) is 11.3 Å². The van der Waals surface area contributed by atoms with Gasteiger partial charge in [0.25, 0.3) is 0 Å². The van der Waals surface area contributed by atoms with Crippen LogP contribution in [0.3, 0.4) is 0 Å². The summed E-state index contributed by atoms with van der Waals surface area (Å²) in [6.07, 6.45) is 1.11. The lowest BCUT2D eigenvalue weighted by molar-refractivity contribution is -0.117. The van der Waals surface area contributed by atoms with Crippen LogP contribution in [-0.2, 0) is 17.6 Å². The van der Waals surface area contributed by atoms with E-state index >= 15 is 0 Å². The minimum absolute atomic E-state index is 0.0545. The number of aryl methyl sites for hydroxylation is 1. The SMILES string of the molecule is CCOc1ccc(N(C(=O)Cc2csc(CC)n2)c2nc3ccccc3s2)cc1. The number of amides is 1. The fourth-order valence-corrected chi connectivity index (χ4v) is 4.75. The summed E-state index contributed by atoms with van der Waals surface area (Å²) in [6, 6.07) is 15.5. The van der Waals surface area contributed by atoms with E-state index in [4.69, 9.17) is 9.72 Å². The van der Waals surface area contributed by atoms with E-state index in [1.807, 2.05) is 60.8 Å². The van der Waals surface area contributed by atoms with E-state index in [9.17, 15) is 4.79 Å². The Morgan fingerprint density at radius 1 is 1.07 bits per heavy atom. The normalized spacial score (nSPS) is 11.0. The van der Waals surface area contributed by atoms with Gasteiger partial charge < -0.3 is 4.74 Å². The first-order valence-corrected chi connectivity index (χ1v) is 11.2. The van der Waals surface area contributed by atoms with Crippen LogP contribution in [0.1, 0.15) is 24.5 Å². The lowest BCUT2D eigenvalue weighted by atomic mass is 10.2. The van der Waals surface area contributed by atoms with Crippen LogP contribution in [0.4, 0.5) is 10.8 Å². The molecule has 0 aliphatic rings. The Morgan fingerprint density at radius 3 is 2.55 bits per heavy atom. The molecule has 0 aliphatic carbocycles. The maximum atomic E-state index is 13.3. The van der Waals surface area contributed by atoms with Crippen molar-refractivity contribution >= 4 is 49.6 Å². The number of nitrogens with zero attached hydrogens (tertiary/aromatic N) is 3. The standard InChI is InChI=1S/C22H21N3O2S2/c1-3-20-23-15(14-28-20)13-21(26)25(16-9-11-17(12-10-16)27-4-2)22-24-18-7-5-6-8-19(18)29-22/h5-12,14H,3-4,13H2,1-2H3. The number of hydrogen-bond donors (Lipinski definition) is 0. The lowest BCUT2D eigenvalue weighted by Gasteiger charge is -2.20. The van der Waals surface area contributed by atoms with Crippen LogP contribution >= 0.6 is 22.7 Å². The number of rotatable bonds is 7. The van der Waals surface area contributed by atoms with Gasteiger partial charge in [0.15, 0.2) is 5.13 Å². The third kappa shape index (κ3) is 4.31. The van der Waals surface area contributed by atoms with Crippen molar-refractivity contribution in [1.29, 1.82) is 0 Å². The van der Waals surface area contributed by atoms with Gasteiger partial charge in [-0.1, -0.05) is 30.4 Å². The number of carbonyl (C=O) groups excluding carboxylic acids is 1. The quantitative estimate of drug-likeness (QED) is 0.387. The smallest absolute Gasteiger partial charge is 0.239 e. The third-order valence-corrected chi connectivity index (χ3v) is 6.43. The Labute approximate surface area is 177 Å². The topological polar surface area (TPSA) is 55.3 Å². The summed E-state index contributed by atoms with van der Waals surface area (Å²) in [6.45, 7) is 4.62. The van der Waals surface area contributed by atoms with Crippen molar-refractivity contribution in [3.05, 3.63) is 64.6 Å². The molecule has 4 aromatic rings. The molecule has 4 rings (SSSR count). The molecule has 0 fully saturated rings. The van der Waals surface area contributed by atoms with Crippen LogP contribution in [0.15, 0.2) is 53.9 Å². The van der Waals surface area contributed by atoms with E-state index in [1.54, 1.807) is 16.2 Å². The molecule has 1 amide bonds. The van der Waals surface area contributed by atoms with Gasteiger partial charge in [0, 0.05) is 5.38 Å². The van der Waals surface area contributed by atoms with Crippen molar-refractivity contribution in [3.8, 4) is 5.75 Å². The van der Waals surface area contributed by atoms with Crippen LogP contribution in [0.2, 0.25) is 0 Å². The molecule has 0 bridgehead atoms. The second kappa shape index (κ2) is 8.71. The summed E-state index contributed by atoms with van der Waals surface area (Å²) in [7, 11) is 0. The average molecular weight is 424 g/mol. The number of para-hydroxylation sites is 1. The molecule has 2 aromatic heterocycles. The number of thiazole rings is 2. The Kier molecular flexibility index (Phi) is 5.87. The van der Waals surface area contributed by atoms with E-state index < -0.39 is 0 Å². The van der Waals surface area contributed by atoms with Gasteiger partial charge in [0.2, 0.25) is 5.91 Å². The van der Waals surface area contributed by atoms with Gasteiger partial charge in [-0.3, -0.25) is 9.69 Å². The Morgan fingerprint density at radius 2 is 1.86 bits per heavy atom. The molecule has 29 heavy (non-hydrogen) atoms. The first-order valence-electron chi connectivity index (χ1n) is 9.52. The third-order valence-electron chi connectivity index (χ3n) is 4.36. The monoisotopic (exact) mass is 423 g/mol.